The molecule has 134 valence electrons. The van der Waals surface area contributed by atoms with Gasteiger partial charge in [0.15, 0.2) is 0 Å². The van der Waals surface area contributed by atoms with E-state index in [1.807, 2.05) is 30.3 Å². The van der Waals surface area contributed by atoms with Crippen molar-refractivity contribution in [2.24, 2.45) is 0 Å². The Hall–Kier alpha value is -3.08. The molecule has 0 unspecified atom stereocenters. The quantitative estimate of drug-likeness (QED) is 0.468. The van der Waals surface area contributed by atoms with Crippen LogP contribution in [0.1, 0.15) is 24.5 Å². The Balaban J connectivity index is 1.70. The highest BCUT2D eigenvalue weighted by Gasteiger charge is 2.42. The molecule has 1 aliphatic heterocycles. The zero-order valence-corrected chi connectivity index (χ0v) is 14.7. The molecule has 0 radical (unpaired) electrons. The summed E-state index contributed by atoms with van der Waals surface area (Å²) in [6, 6.07) is 16.7. The van der Waals surface area contributed by atoms with Crippen molar-refractivity contribution < 1.29 is 23.8 Å². The minimum atomic E-state index is -1.26. The third-order valence-electron chi connectivity index (χ3n) is 4.19. The lowest BCUT2D eigenvalue weighted by atomic mass is 10.0. The highest BCUT2D eigenvalue weighted by Crippen LogP contribution is 2.29. The monoisotopic (exact) mass is 352 g/mol. The predicted molar refractivity (Wildman–Crippen MR) is 96.3 cm³/mol. The fourth-order valence-corrected chi connectivity index (χ4v) is 2.71. The van der Waals surface area contributed by atoms with E-state index in [9.17, 15) is 9.59 Å². The first-order valence-electron chi connectivity index (χ1n) is 8.35. The van der Waals surface area contributed by atoms with E-state index < -0.39 is 17.7 Å². The Morgan fingerprint density at radius 1 is 0.962 bits per heavy atom. The van der Waals surface area contributed by atoms with Crippen LogP contribution in [-0.2, 0) is 25.5 Å². The second-order valence-corrected chi connectivity index (χ2v) is 6.23. The number of carbonyl (C=O) groups is 2. The second kappa shape index (κ2) is 7.44. The van der Waals surface area contributed by atoms with Gasteiger partial charge in [0.1, 0.15) is 11.3 Å². The molecular weight excluding hydrogens is 332 g/mol. The highest BCUT2D eigenvalue weighted by atomic mass is 16.7. The van der Waals surface area contributed by atoms with Gasteiger partial charge in [0.25, 0.3) is 5.79 Å². The molecule has 5 heteroatoms. The lowest BCUT2D eigenvalue weighted by Crippen LogP contribution is -2.44. The molecule has 0 spiro atoms. The average Bonchev–Trinajstić information content (AvgIpc) is 2.64. The summed E-state index contributed by atoms with van der Waals surface area (Å²) in [5.41, 5.74) is 1.65. The molecule has 2 aromatic carbocycles. The minimum Gasteiger partial charge on any atom is -0.497 e. The highest BCUT2D eigenvalue weighted by molar-refractivity contribution is 6.18. The third kappa shape index (κ3) is 4.11. The summed E-state index contributed by atoms with van der Waals surface area (Å²) >= 11 is 0. The summed E-state index contributed by atoms with van der Waals surface area (Å²) in [5, 5.41) is 0. The Morgan fingerprint density at radius 3 is 2.15 bits per heavy atom. The van der Waals surface area contributed by atoms with E-state index in [4.69, 9.17) is 14.2 Å². The first-order chi connectivity index (χ1) is 12.5. The number of ether oxygens (including phenoxy) is 3. The molecule has 0 atom stereocenters. The van der Waals surface area contributed by atoms with Gasteiger partial charge in [0, 0.05) is 13.3 Å². The van der Waals surface area contributed by atoms with Gasteiger partial charge in [-0.15, -0.1) is 0 Å². The Bertz CT molecular complexity index is 801. The molecule has 2 aromatic rings. The lowest BCUT2D eigenvalue weighted by molar-refractivity contribution is -0.230. The zero-order valence-electron chi connectivity index (χ0n) is 14.7. The largest absolute Gasteiger partial charge is 0.497 e. The van der Waals surface area contributed by atoms with Crippen molar-refractivity contribution in [2.75, 3.05) is 7.11 Å². The van der Waals surface area contributed by atoms with Crippen molar-refractivity contribution in [2.45, 2.75) is 25.6 Å². The van der Waals surface area contributed by atoms with E-state index in [1.54, 1.807) is 38.3 Å². The smallest absolute Gasteiger partial charge is 0.348 e. The van der Waals surface area contributed by atoms with Crippen LogP contribution in [0.2, 0.25) is 0 Å². The maximum atomic E-state index is 12.3. The number of hydrogen-bond donors (Lipinski definition) is 0. The number of hydrogen-bond acceptors (Lipinski definition) is 5. The van der Waals surface area contributed by atoms with Gasteiger partial charge in [-0.25, -0.2) is 9.59 Å². The van der Waals surface area contributed by atoms with Crippen LogP contribution in [0.3, 0.4) is 0 Å². The lowest BCUT2D eigenvalue weighted by Gasteiger charge is -2.33. The molecule has 1 heterocycles. The first-order valence-corrected chi connectivity index (χ1v) is 8.35. The maximum Gasteiger partial charge on any atom is 0.348 e. The summed E-state index contributed by atoms with van der Waals surface area (Å²) in [7, 11) is 1.57. The van der Waals surface area contributed by atoms with E-state index >= 15 is 0 Å². The summed E-state index contributed by atoms with van der Waals surface area (Å²) in [5.74, 6) is -1.92. The van der Waals surface area contributed by atoms with Crippen LogP contribution in [0.25, 0.3) is 6.08 Å². The van der Waals surface area contributed by atoms with E-state index in [1.165, 1.54) is 6.08 Å². The molecule has 0 aliphatic carbocycles. The average molecular weight is 352 g/mol. The predicted octanol–water partition coefficient (Wildman–Crippen LogP) is 3.53. The zero-order chi connectivity index (χ0) is 18.6. The molecule has 3 rings (SSSR count). The summed E-state index contributed by atoms with van der Waals surface area (Å²) < 4.78 is 15.9. The van der Waals surface area contributed by atoms with Gasteiger partial charge in [0.05, 0.1) is 7.11 Å². The van der Waals surface area contributed by atoms with Gasteiger partial charge in [-0.2, -0.15) is 0 Å². The molecule has 5 nitrogen and oxygen atoms in total. The number of cyclic esters (lactones) is 2. The Labute approximate surface area is 152 Å². The van der Waals surface area contributed by atoms with Gasteiger partial charge in [-0.3, -0.25) is 0 Å². The minimum absolute atomic E-state index is 0.118. The summed E-state index contributed by atoms with van der Waals surface area (Å²) in [6.07, 6.45) is 2.49. The standard InChI is InChI=1S/C21H20O5/c1-21(13-12-15-6-4-3-5-7-15)25-19(22)18(20(23)26-21)14-16-8-10-17(24-2)11-9-16/h3-11,14H,12-13H2,1-2H3. The van der Waals surface area contributed by atoms with Crippen molar-refractivity contribution >= 4 is 18.0 Å². The first kappa shape index (κ1) is 17.7. The van der Waals surface area contributed by atoms with E-state index in [-0.39, 0.29) is 5.57 Å². The van der Waals surface area contributed by atoms with E-state index in [0.717, 1.165) is 5.56 Å². The van der Waals surface area contributed by atoms with Crippen LogP contribution in [-0.4, -0.2) is 24.8 Å². The van der Waals surface area contributed by atoms with E-state index in [2.05, 4.69) is 0 Å². The third-order valence-corrected chi connectivity index (χ3v) is 4.19. The molecular formula is C21H20O5. The molecule has 0 saturated carbocycles. The van der Waals surface area contributed by atoms with E-state index in [0.29, 0.717) is 24.2 Å². The van der Waals surface area contributed by atoms with Crippen molar-refractivity contribution in [1.29, 1.82) is 0 Å². The molecule has 1 saturated heterocycles. The molecule has 0 aromatic heterocycles. The number of aryl methyl sites for hydroxylation is 1. The van der Waals surface area contributed by atoms with Crippen LogP contribution in [0.15, 0.2) is 60.2 Å². The molecule has 0 bridgehead atoms. The Morgan fingerprint density at radius 2 is 1.58 bits per heavy atom. The second-order valence-electron chi connectivity index (χ2n) is 6.23. The van der Waals surface area contributed by atoms with Crippen LogP contribution in [0.4, 0.5) is 0 Å². The fourth-order valence-electron chi connectivity index (χ4n) is 2.71. The van der Waals surface area contributed by atoms with Crippen molar-refractivity contribution in [3.63, 3.8) is 0 Å². The molecule has 1 fully saturated rings. The number of methoxy groups -OCH3 is 1. The van der Waals surface area contributed by atoms with Crippen LogP contribution >= 0.6 is 0 Å². The van der Waals surface area contributed by atoms with Gasteiger partial charge < -0.3 is 14.2 Å². The van der Waals surface area contributed by atoms with Gasteiger partial charge in [-0.05, 0) is 35.8 Å². The van der Waals surface area contributed by atoms with Crippen molar-refractivity contribution in [3.05, 3.63) is 71.3 Å². The van der Waals surface area contributed by atoms with Crippen LogP contribution < -0.4 is 4.74 Å². The number of benzene rings is 2. The molecule has 0 N–H and O–H groups in total. The SMILES string of the molecule is COc1ccc(C=C2C(=O)OC(C)(CCc3ccccc3)OC2=O)cc1. The maximum absolute atomic E-state index is 12.3. The molecule has 26 heavy (non-hydrogen) atoms. The molecule has 1 aliphatic rings. The number of carbonyl (C=O) groups excluding carboxylic acids is 2. The summed E-state index contributed by atoms with van der Waals surface area (Å²) in [4.78, 5) is 24.7. The van der Waals surface area contributed by atoms with Gasteiger partial charge in [0.2, 0.25) is 0 Å². The summed E-state index contributed by atoms with van der Waals surface area (Å²) in [6.45, 7) is 1.61. The Kier molecular flexibility index (Phi) is 5.07. The number of esters is 2. The van der Waals surface area contributed by atoms with Gasteiger partial charge >= 0.3 is 11.9 Å². The number of rotatable bonds is 5. The topological polar surface area (TPSA) is 61.8 Å². The normalized spacial score (nSPS) is 19.5. The van der Waals surface area contributed by atoms with Gasteiger partial charge in [-0.1, -0.05) is 42.5 Å². The van der Waals surface area contributed by atoms with Crippen molar-refractivity contribution in [3.8, 4) is 5.75 Å². The fraction of sp³-hybridized carbons (Fsp3) is 0.238. The molecule has 0 amide bonds. The van der Waals surface area contributed by atoms with Crippen LogP contribution in [0, 0.1) is 0 Å². The van der Waals surface area contributed by atoms with Crippen LogP contribution in [0.5, 0.6) is 5.75 Å². The van der Waals surface area contributed by atoms with Crippen molar-refractivity contribution in [1.82, 2.24) is 0 Å².